The predicted octanol–water partition coefficient (Wildman–Crippen LogP) is 3.69. The van der Waals surface area contributed by atoms with Crippen molar-refractivity contribution in [1.29, 1.82) is 0 Å². The van der Waals surface area contributed by atoms with Crippen molar-refractivity contribution in [3.05, 3.63) is 28.8 Å². The van der Waals surface area contributed by atoms with E-state index in [4.69, 9.17) is 16.3 Å². The van der Waals surface area contributed by atoms with Crippen LogP contribution in [0.3, 0.4) is 0 Å². The fourth-order valence-electron chi connectivity index (χ4n) is 1.33. The highest BCUT2D eigenvalue weighted by molar-refractivity contribution is 6.31. The third kappa shape index (κ3) is 2.63. The van der Waals surface area contributed by atoms with Crippen LogP contribution in [0.25, 0.3) is 0 Å². The van der Waals surface area contributed by atoms with Crippen molar-refractivity contribution in [3.63, 3.8) is 0 Å². The molecule has 0 unspecified atom stereocenters. The number of hydrogen-bond donors (Lipinski definition) is 0. The second-order valence-electron chi connectivity index (χ2n) is 3.02. The quantitative estimate of drug-likeness (QED) is 0.717. The Morgan fingerprint density at radius 1 is 1.38 bits per heavy atom. The van der Waals surface area contributed by atoms with Gasteiger partial charge in [0.1, 0.15) is 5.75 Å². The summed E-state index contributed by atoms with van der Waals surface area (Å²) in [6.45, 7) is 2.17. The first-order valence-electron chi connectivity index (χ1n) is 4.61. The van der Waals surface area contributed by atoms with Gasteiger partial charge >= 0.3 is 0 Å². The smallest absolute Gasteiger partial charge is 0.123 e. The molecule has 2 heteroatoms. The van der Waals surface area contributed by atoms with E-state index in [1.807, 2.05) is 18.2 Å². The number of rotatable bonds is 4. The predicted molar refractivity (Wildman–Crippen MR) is 56.6 cm³/mol. The molecule has 1 aromatic carbocycles. The van der Waals surface area contributed by atoms with Gasteiger partial charge in [-0.1, -0.05) is 31.0 Å². The van der Waals surface area contributed by atoms with Crippen molar-refractivity contribution in [2.24, 2.45) is 0 Å². The third-order valence-corrected chi connectivity index (χ3v) is 2.43. The van der Waals surface area contributed by atoms with E-state index in [0.717, 1.165) is 29.2 Å². The molecule has 1 nitrogen and oxygen atoms in total. The van der Waals surface area contributed by atoms with Crippen molar-refractivity contribution >= 4 is 11.6 Å². The molecule has 0 atom stereocenters. The molecule has 0 aliphatic carbocycles. The molecule has 0 spiro atoms. The lowest BCUT2D eigenvalue weighted by atomic mass is 10.1. The standard InChI is InChI=1S/C11H15ClO/c1-3-4-6-9-10(12)7-5-8-11(9)13-2/h5,7-8H,3-4,6H2,1-2H3. The van der Waals surface area contributed by atoms with E-state index in [2.05, 4.69) is 6.92 Å². The van der Waals surface area contributed by atoms with Crippen molar-refractivity contribution in [2.75, 3.05) is 7.11 Å². The molecule has 13 heavy (non-hydrogen) atoms. The van der Waals surface area contributed by atoms with Gasteiger partial charge in [0, 0.05) is 10.6 Å². The highest BCUT2D eigenvalue weighted by atomic mass is 35.5. The first-order valence-corrected chi connectivity index (χ1v) is 4.98. The fraction of sp³-hybridized carbons (Fsp3) is 0.455. The van der Waals surface area contributed by atoms with E-state index in [1.54, 1.807) is 7.11 Å². The van der Waals surface area contributed by atoms with Crippen LogP contribution in [0.5, 0.6) is 5.75 Å². The van der Waals surface area contributed by atoms with Crippen molar-refractivity contribution in [1.82, 2.24) is 0 Å². The third-order valence-electron chi connectivity index (χ3n) is 2.08. The van der Waals surface area contributed by atoms with Crippen LogP contribution in [-0.4, -0.2) is 7.11 Å². The minimum absolute atomic E-state index is 0.813. The van der Waals surface area contributed by atoms with Crippen LogP contribution in [0.15, 0.2) is 18.2 Å². The number of methoxy groups -OCH3 is 1. The van der Waals surface area contributed by atoms with Crippen molar-refractivity contribution in [2.45, 2.75) is 26.2 Å². The maximum absolute atomic E-state index is 6.06. The van der Waals surface area contributed by atoms with Gasteiger partial charge in [0.2, 0.25) is 0 Å². The summed E-state index contributed by atoms with van der Waals surface area (Å²) in [6, 6.07) is 5.78. The average Bonchev–Trinajstić information content (AvgIpc) is 2.15. The molecule has 72 valence electrons. The Balaban J connectivity index is 2.87. The molecule has 0 fully saturated rings. The summed E-state index contributed by atoms with van der Waals surface area (Å²) in [4.78, 5) is 0. The maximum atomic E-state index is 6.06. The molecule has 0 aliphatic rings. The van der Waals surface area contributed by atoms with Crippen LogP contribution in [0.2, 0.25) is 5.02 Å². The minimum Gasteiger partial charge on any atom is -0.496 e. The van der Waals surface area contributed by atoms with E-state index in [1.165, 1.54) is 6.42 Å². The zero-order valence-electron chi connectivity index (χ0n) is 8.14. The maximum Gasteiger partial charge on any atom is 0.123 e. The summed E-state index contributed by atoms with van der Waals surface area (Å²) < 4.78 is 5.24. The lowest BCUT2D eigenvalue weighted by Crippen LogP contribution is -1.93. The van der Waals surface area contributed by atoms with Crippen molar-refractivity contribution in [3.8, 4) is 5.75 Å². The molecular weight excluding hydrogens is 184 g/mol. The Hall–Kier alpha value is -0.690. The second-order valence-corrected chi connectivity index (χ2v) is 3.43. The summed E-state index contributed by atoms with van der Waals surface area (Å²) in [5.41, 5.74) is 1.13. The fourth-order valence-corrected chi connectivity index (χ4v) is 1.59. The summed E-state index contributed by atoms with van der Waals surface area (Å²) in [7, 11) is 1.68. The van der Waals surface area contributed by atoms with Gasteiger partial charge in [0.25, 0.3) is 0 Å². The number of hydrogen-bond acceptors (Lipinski definition) is 1. The monoisotopic (exact) mass is 198 g/mol. The summed E-state index contributed by atoms with van der Waals surface area (Å²) in [5.74, 6) is 0.904. The summed E-state index contributed by atoms with van der Waals surface area (Å²) in [5, 5.41) is 0.813. The Labute approximate surface area is 84.7 Å². The van der Waals surface area contributed by atoms with Gasteiger partial charge < -0.3 is 4.74 Å². The number of ether oxygens (including phenoxy) is 1. The van der Waals surface area contributed by atoms with E-state index in [-0.39, 0.29) is 0 Å². The van der Waals surface area contributed by atoms with Gasteiger partial charge in [0.05, 0.1) is 7.11 Å². The molecule has 0 aliphatic heterocycles. The Morgan fingerprint density at radius 2 is 2.15 bits per heavy atom. The molecule has 0 aromatic heterocycles. The number of unbranched alkanes of at least 4 members (excludes halogenated alkanes) is 1. The second kappa shape index (κ2) is 5.13. The van der Waals surface area contributed by atoms with Gasteiger partial charge in [0.15, 0.2) is 0 Å². The highest BCUT2D eigenvalue weighted by Crippen LogP contribution is 2.27. The first kappa shape index (κ1) is 10.4. The molecular formula is C11H15ClO. The van der Waals surface area contributed by atoms with Crippen LogP contribution in [0, 0.1) is 0 Å². The minimum atomic E-state index is 0.813. The lowest BCUT2D eigenvalue weighted by Gasteiger charge is -2.09. The topological polar surface area (TPSA) is 9.23 Å². The molecule has 1 rings (SSSR count). The number of benzene rings is 1. The van der Waals surface area contributed by atoms with Gasteiger partial charge in [-0.3, -0.25) is 0 Å². The lowest BCUT2D eigenvalue weighted by molar-refractivity contribution is 0.409. The van der Waals surface area contributed by atoms with E-state index >= 15 is 0 Å². The molecule has 0 N–H and O–H groups in total. The van der Waals surface area contributed by atoms with Gasteiger partial charge in [-0.15, -0.1) is 0 Å². The SMILES string of the molecule is CCCCc1c(Cl)cccc1OC. The van der Waals surface area contributed by atoms with Crippen LogP contribution in [0.1, 0.15) is 25.3 Å². The average molecular weight is 199 g/mol. The molecule has 1 aromatic rings. The Bertz CT molecular complexity index is 271. The Morgan fingerprint density at radius 3 is 2.77 bits per heavy atom. The summed E-state index contributed by atoms with van der Waals surface area (Å²) in [6.07, 6.45) is 3.33. The first-order chi connectivity index (χ1) is 6.29. The zero-order valence-corrected chi connectivity index (χ0v) is 8.90. The molecule has 0 amide bonds. The van der Waals surface area contributed by atoms with Crippen LogP contribution >= 0.6 is 11.6 Å². The largest absolute Gasteiger partial charge is 0.496 e. The highest BCUT2D eigenvalue weighted by Gasteiger charge is 2.05. The van der Waals surface area contributed by atoms with Gasteiger partial charge in [-0.05, 0) is 25.0 Å². The molecule has 0 saturated heterocycles. The normalized spacial score (nSPS) is 10.1. The van der Waals surface area contributed by atoms with Crippen LogP contribution < -0.4 is 4.74 Å². The number of halogens is 1. The molecule has 0 bridgehead atoms. The molecule has 0 radical (unpaired) electrons. The van der Waals surface area contributed by atoms with Gasteiger partial charge in [-0.25, -0.2) is 0 Å². The van der Waals surface area contributed by atoms with Crippen molar-refractivity contribution < 1.29 is 4.74 Å². The van der Waals surface area contributed by atoms with E-state index in [9.17, 15) is 0 Å². The Kier molecular flexibility index (Phi) is 4.10. The van der Waals surface area contributed by atoms with Crippen LogP contribution in [-0.2, 0) is 6.42 Å². The molecule has 0 heterocycles. The van der Waals surface area contributed by atoms with E-state index in [0.29, 0.717) is 0 Å². The van der Waals surface area contributed by atoms with Crippen LogP contribution in [0.4, 0.5) is 0 Å². The molecule has 0 saturated carbocycles. The zero-order chi connectivity index (χ0) is 9.68. The van der Waals surface area contributed by atoms with E-state index < -0.39 is 0 Å². The van der Waals surface area contributed by atoms with Gasteiger partial charge in [-0.2, -0.15) is 0 Å². The summed E-state index contributed by atoms with van der Waals surface area (Å²) >= 11 is 6.06.